The number of piperidine rings is 1. The van der Waals surface area contributed by atoms with Gasteiger partial charge in [0.05, 0.1) is 0 Å². The molecule has 4 nitrogen and oxygen atoms in total. The lowest BCUT2D eigenvalue weighted by Gasteiger charge is -2.40. The van der Waals surface area contributed by atoms with E-state index in [4.69, 9.17) is 10.5 Å². The second kappa shape index (κ2) is 5.61. The third-order valence-corrected chi connectivity index (χ3v) is 3.35. The number of nitrogens with zero attached hydrogens (tertiary/aromatic N) is 1. The van der Waals surface area contributed by atoms with Gasteiger partial charge in [-0.05, 0) is 17.4 Å². The van der Waals surface area contributed by atoms with Crippen LogP contribution in [0.5, 0.6) is 0 Å². The molecule has 0 saturated carbocycles. The van der Waals surface area contributed by atoms with Crippen molar-refractivity contribution in [2.45, 2.75) is 32.9 Å². The van der Waals surface area contributed by atoms with Crippen molar-refractivity contribution in [2.75, 3.05) is 13.1 Å². The molecule has 0 aromatic heterocycles. The minimum absolute atomic E-state index is 0.0352. The molecule has 1 aromatic rings. The molecule has 1 saturated heterocycles. The molecule has 1 unspecified atom stereocenters. The lowest BCUT2D eigenvalue weighted by molar-refractivity contribution is 0.0563. The fraction of sp³-hybridized carbons (Fsp3) is 0.533. The quantitative estimate of drug-likeness (QED) is 0.890. The van der Waals surface area contributed by atoms with E-state index in [9.17, 15) is 4.79 Å². The number of likely N-dealkylation sites (tertiary alicyclic amines) is 1. The van der Waals surface area contributed by atoms with Crippen LogP contribution in [0.3, 0.4) is 0 Å². The van der Waals surface area contributed by atoms with Gasteiger partial charge in [-0.2, -0.15) is 0 Å². The number of nitrogens with two attached hydrogens (primary N) is 1. The van der Waals surface area contributed by atoms with Crippen LogP contribution in [0.1, 0.15) is 25.8 Å². The highest BCUT2D eigenvalue weighted by Gasteiger charge is 2.33. The summed E-state index contributed by atoms with van der Waals surface area (Å²) in [5, 5.41) is 0. The van der Waals surface area contributed by atoms with Crippen LogP contribution in [0.15, 0.2) is 30.3 Å². The van der Waals surface area contributed by atoms with Crippen LogP contribution < -0.4 is 5.73 Å². The molecule has 104 valence electrons. The molecule has 1 heterocycles. The number of ether oxygens (including phenoxy) is 1. The van der Waals surface area contributed by atoms with E-state index in [1.54, 1.807) is 4.90 Å². The summed E-state index contributed by atoms with van der Waals surface area (Å²) in [6.45, 7) is 5.85. The zero-order valence-corrected chi connectivity index (χ0v) is 11.6. The monoisotopic (exact) mass is 262 g/mol. The van der Waals surface area contributed by atoms with E-state index >= 15 is 0 Å². The maximum Gasteiger partial charge on any atom is 0.410 e. The third kappa shape index (κ3) is 3.96. The molecule has 2 rings (SSSR count). The predicted molar refractivity (Wildman–Crippen MR) is 74.6 cm³/mol. The second-order valence-corrected chi connectivity index (χ2v) is 6.05. The number of carbonyl (C=O) groups excluding carboxylic acids is 1. The topological polar surface area (TPSA) is 55.6 Å². The number of carbonyl (C=O) groups is 1. The summed E-state index contributed by atoms with van der Waals surface area (Å²) < 4.78 is 5.34. The van der Waals surface area contributed by atoms with Gasteiger partial charge in [0, 0.05) is 19.1 Å². The van der Waals surface area contributed by atoms with Crippen molar-refractivity contribution in [3.63, 3.8) is 0 Å². The lowest BCUT2D eigenvalue weighted by atomic mass is 9.82. The van der Waals surface area contributed by atoms with Crippen molar-refractivity contribution in [1.82, 2.24) is 4.90 Å². The second-order valence-electron chi connectivity index (χ2n) is 6.05. The summed E-state index contributed by atoms with van der Waals surface area (Å²) in [5.41, 5.74) is 7.05. The number of amides is 1. The van der Waals surface area contributed by atoms with Gasteiger partial charge in [-0.15, -0.1) is 0 Å². The SMILES string of the molecule is CC1(C)CC(N)CN(C(=O)OCc2ccccc2)C1. The molecule has 1 aromatic carbocycles. The van der Waals surface area contributed by atoms with Crippen LogP contribution in [-0.4, -0.2) is 30.1 Å². The minimum Gasteiger partial charge on any atom is -0.445 e. The summed E-state index contributed by atoms with van der Waals surface area (Å²) in [6.07, 6.45) is 0.669. The van der Waals surface area contributed by atoms with Gasteiger partial charge in [0.25, 0.3) is 0 Å². The van der Waals surface area contributed by atoms with Gasteiger partial charge in [-0.25, -0.2) is 4.79 Å². The average molecular weight is 262 g/mol. The summed E-state index contributed by atoms with van der Waals surface area (Å²) in [7, 11) is 0. The molecule has 0 spiro atoms. The molecule has 19 heavy (non-hydrogen) atoms. The predicted octanol–water partition coefficient (Wildman–Crippen LogP) is 2.38. The van der Waals surface area contributed by atoms with E-state index in [0.29, 0.717) is 19.7 Å². The van der Waals surface area contributed by atoms with E-state index in [-0.39, 0.29) is 17.6 Å². The molecular weight excluding hydrogens is 240 g/mol. The highest BCUT2D eigenvalue weighted by molar-refractivity contribution is 5.68. The van der Waals surface area contributed by atoms with E-state index in [0.717, 1.165) is 12.0 Å². The molecule has 4 heteroatoms. The van der Waals surface area contributed by atoms with Crippen molar-refractivity contribution in [2.24, 2.45) is 11.1 Å². The molecule has 2 N–H and O–H groups in total. The Bertz CT molecular complexity index is 431. The smallest absolute Gasteiger partial charge is 0.410 e. The lowest BCUT2D eigenvalue weighted by Crippen LogP contribution is -2.52. The molecule has 0 bridgehead atoms. The van der Waals surface area contributed by atoms with Crippen LogP contribution in [0.25, 0.3) is 0 Å². The molecule has 0 radical (unpaired) electrons. The van der Waals surface area contributed by atoms with Crippen molar-refractivity contribution < 1.29 is 9.53 Å². The summed E-state index contributed by atoms with van der Waals surface area (Å²) >= 11 is 0. The molecule has 1 aliphatic heterocycles. The molecule has 1 atom stereocenters. The normalized spacial score (nSPS) is 22.1. The summed E-state index contributed by atoms with van der Waals surface area (Å²) in [4.78, 5) is 13.8. The number of hydrogen-bond donors (Lipinski definition) is 1. The van der Waals surface area contributed by atoms with Gasteiger partial charge in [-0.3, -0.25) is 0 Å². The maximum absolute atomic E-state index is 12.1. The zero-order valence-electron chi connectivity index (χ0n) is 11.6. The van der Waals surface area contributed by atoms with E-state index in [1.165, 1.54) is 0 Å². The molecular formula is C15H22N2O2. The van der Waals surface area contributed by atoms with E-state index < -0.39 is 0 Å². The highest BCUT2D eigenvalue weighted by Crippen LogP contribution is 2.28. The summed E-state index contributed by atoms with van der Waals surface area (Å²) in [5.74, 6) is 0. The molecule has 1 fully saturated rings. The van der Waals surface area contributed by atoms with Crippen molar-refractivity contribution in [3.8, 4) is 0 Å². The zero-order chi connectivity index (χ0) is 13.9. The Balaban J connectivity index is 1.89. The van der Waals surface area contributed by atoms with Gasteiger partial charge in [0.15, 0.2) is 0 Å². The van der Waals surface area contributed by atoms with Crippen LogP contribution in [0.2, 0.25) is 0 Å². The fourth-order valence-electron chi connectivity index (χ4n) is 2.65. The fourth-order valence-corrected chi connectivity index (χ4v) is 2.65. The first-order chi connectivity index (χ1) is 8.96. The largest absolute Gasteiger partial charge is 0.445 e. The Morgan fingerprint density at radius 1 is 1.42 bits per heavy atom. The Morgan fingerprint density at radius 3 is 2.74 bits per heavy atom. The van der Waals surface area contributed by atoms with Gasteiger partial charge in [-0.1, -0.05) is 44.2 Å². The Morgan fingerprint density at radius 2 is 2.11 bits per heavy atom. The Labute approximate surface area is 114 Å². The maximum atomic E-state index is 12.1. The van der Waals surface area contributed by atoms with Gasteiger partial charge >= 0.3 is 6.09 Å². The van der Waals surface area contributed by atoms with Crippen molar-refractivity contribution in [1.29, 1.82) is 0 Å². The van der Waals surface area contributed by atoms with E-state index in [2.05, 4.69) is 13.8 Å². The Kier molecular flexibility index (Phi) is 4.10. The van der Waals surface area contributed by atoms with Gasteiger partial charge < -0.3 is 15.4 Å². The summed E-state index contributed by atoms with van der Waals surface area (Å²) in [6, 6.07) is 9.73. The van der Waals surface area contributed by atoms with Crippen molar-refractivity contribution in [3.05, 3.63) is 35.9 Å². The van der Waals surface area contributed by atoms with Gasteiger partial charge in [0.1, 0.15) is 6.61 Å². The Hall–Kier alpha value is -1.55. The third-order valence-electron chi connectivity index (χ3n) is 3.35. The average Bonchev–Trinajstić information content (AvgIpc) is 2.34. The van der Waals surface area contributed by atoms with Gasteiger partial charge in [0.2, 0.25) is 0 Å². The van der Waals surface area contributed by atoms with Crippen LogP contribution in [0.4, 0.5) is 4.79 Å². The van der Waals surface area contributed by atoms with E-state index in [1.807, 2.05) is 30.3 Å². The first-order valence-electron chi connectivity index (χ1n) is 6.67. The first kappa shape index (κ1) is 13.9. The number of rotatable bonds is 2. The number of benzene rings is 1. The first-order valence-corrected chi connectivity index (χ1v) is 6.67. The van der Waals surface area contributed by atoms with Crippen LogP contribution >= 0.6 is 0 Å². The van der Waals surface area contributed by atoms with Crippen LogP contribution in [-0.2, 0) is 11.3 Å². The highest BCUT2D eigenvalue weighted by atomic mass is 16.6. The van der Waals surface area contributed by atoms with Crippen LogP contribution in [0, 0.1) is 5.41 Å². The minimum atomic E-state index is -0.271. The van der Waals surface area contributed by atoms with Crippen molar-refractivity contribution >= 4 is 6.09 Å². The standard InChI is InChI=1S/C15H22N2O2/c1-15(2)8-13(16)9-17(11-15)14(18)19-10-12-6-4-3-5-7-12/h3-7,13H,8-11,16H2,1-2H3. The number of hydrogen-bond acceptors (Lipinski definition) is 3. The molecule has 0 aliphatic carbocycles. The molecule has 1 aliphatic rings. The molecule has 1 amide bonds.